The molecule has 1 fully saturated rings. The van der Waals surface area contributed by atoms with E-state index in [4.69, 9.17) is 5.26 Å². The highest BCUT2D eigenvalue weighted by atomic mass is 32.2. The first-order valence-corrected chi connectivity index (χ1v) is 5.01. The lowest BCUT2D eigenvalue weighted by Gasteiger charge is -2.15. The molecule has 0 aromatic carbocycles. The maximum absolute atomic E-state index is 10.9. The average molecular weight is 175 g/mol. The van der Waals surface area contributed by atoms with Crippen LogP contribution in [0.4, 0.5) is 0 Å². The summed E-state index contributed by atoms with van der Waals surface area (Å²) in [4.78, 5) is 0. The van der Waals surface area contributed by atoms with E-state index < -0.39 is 21.4 Å². The molecule has 62 valence electrons. The quantitative estimate of drug-likeness (QED) is 0.528. The van der Waals surface area contributed by atoms with E-state index in [2.05, 4.69) is 0 Å². The van der Waals surface area contributed by atoms with Crippen molar-refractivity contribution in [2.24, 2.45) is 5.41 Å². The fourth-order valence-electron chi connectivity index (χ4n) is 1.14. The van der Waals surface area contributed by atoms with Crippen LogP contribution in [0, 0.1) is 16.7 Å². The highest BCUT2D eigenvalue weighted by Gasteiger charge is 2.46. The predicted octanol–water partition coefficient (Wildman–Crippen LogP) is -0.694. The van der Waals surface area contributed by atoms with Gasteiger partial charge in [-0.3, -0.25) is 0 Å². The van der Waals surface area contributed by atoms with E-state index in [0.717, 1.165) is 0 Å². The molecule has 1 N–H and O–H groups in total. The molecule has 2 atom stereocenters. The second-order valence-corrected chi connectivity index (χ2v) is 5.21. The van der Waals surface area contributed by atoms with Gasteiger partial charge in [0.15, 0.2) is 9.84 Å². The van der Waals surface area contributed by atoms with Gasteiger partial charge in [-0.25, -0.2) is 8.42 Å². The Morgan fingerprint density at radius 2 is 2.27 bits per heavy atom. The Bertz CT molecular complexity index is 302. The molecular weight excluding hydrogens is 166 g/mol. The van der Waals surface area contributed by atoms with Crippen molar-refractivity contribution in [2.75, 3.05) is 11.5 Å². The Morgan fingerprint density at radius 3 is 2.45 bits per heavy atom. The topological polar surface area (TPSA) is 78.2 Å². The van der Waals surface area contributed by atoms with E-state index in [9.17, 15) is 13.5 Å². The summed E-state index contributed by atoms with van der Waals surface area (Å²) in [5.74, 6) is -0.505. The number of rotatable bonds is 0. The van der Waals surface area contributed by atoms with Gasteiger partial charge in [0.25, 0.3) is 0 Å². The molecular formula is C6H9NO3S. The van der Waals surface area contributed by atoms with Crippen LogP contribution in [0.25, 0.3) is 0 Å². The summed E-state index contributed by atoms with van der Waals surface area (Å²) in [7, 11) is -3.19. The molecule has 0 bridgehead atoms. The van der Waals surface area contributed by atoms with Gasteiger partial charge in [0, 0.05) is 0 Å². The van der Waals surface area contributed by atoms with Crippen molar-refractivity contribution in [3.63, 3.8) is 0 Å². The fourth-order valence-corrected chi connectivity index (χ4v) is 3.28. The lowest BCUT2D eigenvalue weighted by Crippen LogP contribution is -2.28. The van der Waals surface area contributed by atoms with Crippen LogP contribution in [-0.2, 0) is 9.84 Å². The molecule has 0 radical (unpaired) electrons. The van der Waals surface area contributed by atoms with E-state index >= 15 is 0 Å². The minimum atomic E-state index is -3.19. The number of aliphatic hydroxyl groups excluding tert-OH is 1. The highest BCUT2D eigenvalue weighted by Crippen LogP contribution is 2.30. The SMILES string of the molecule is C[C@]1(C#N)CS(=O)(=O)CC1O. The molecule has 4 nitrogen and oxygen atoms in total. The second kappa shape index (κ2) is 2.19. The largest absolute Gasteiger partial charge is 0.390 e. The van der Waals surface area contributed by atoms with Crippen molar-refractivity contribution in [3.05, 3.63) is 0 Å². The molecule has 11 heavy (non-hydrogen) atoms. The van der Waals surface area contributed by atoms with Gasteiger partial charge in [0.1, 0.15) is 0 Å². The Hall–Kier alpha value is -0.600. The lowest BCUT2D eigenvalue weighted by molar-refractivity contribution is 0.120. The van der Waals surface area contributed by atoms with Gasteiger partial charge in [-0.15, -0.1) is 0 Å². The summed E-state index contributed by atoms with van der Waals surface area (Å²) in [6.07, 6.45) is -1.03. The van der Waals surface area contributed by atoms with Crippen LogP contribution in [0.3, 0.4) is 0 Å². The molecule has 0 aliphatic carbocycles. The Balaban J connectivity index is 3.02. The monoisotopic (exact) mass is 175 g/mol. The zero-order valence-electron chi connectivity index (χ0n) is 6.11. The zero-order chi connectivity index (χ0) is 8.70. The van der Waals surface area contributed by atoms with Gasteiger partial charge in [0.05, 0.1) is 29.1 Å². The third kappa shape index (κ3) is 1.37. The minimum Gasteiger partial charge on any atom is -0.390 e. The Labute approximate surface area is 65.4 Å². The molecule has 1 aliphatic heterocycles. The van der Waals surface area contributed by atoms with Crippen molar-refractivity contribution < 1.29 is 13.5 Å². The normalized spacial score (nSPS) is 41.7. The third-order valence-corrected chi connectivity index (χ3v) is 3.79. The van der Waals surface area contributed by atoms with E-state index in [1.807, 2.05) is 6.07 Å². The molecule has 1 unspecified atom stereocenters. The summed E-state index contributed by atoms with van der Waals surface area (Å²) < 4.78 is 21.8. The van der Waals surface area contributed by atoms with Crippen molar-refractivity contribution >= 4 is 9.84 Å². The molecule has 0 aromatic rings. The van der Waals surface area contributed by atoms with Gasteiger partial charge in [-0.2, -0.15) is 5.26 Å². The molecule has 1 saturated heterocycles. The zero-order valence-corrected chi connectivity index (χ0v) is 6.93. The number of aliphatic hydroxyl groups is 1. The maximum Gasteiger partial charge on any atom is 0.154 e. The van der Waals surface area contributed by atoms with Gasteiger partial charge < -0.3 is 5.11 Å². The first-order valence-electron chi connectivity index (χ1n) is 3.19. The van der Waals surface area contributed by atoms with Crippen molar-refractivity contribution in [1.29, 1.82) is 5.26 Å². The van der Waals surface area contributed by atoms with E-state index in [1.165, 1.54) is 6.92 Å². The van der Waals surface area contributed by atoms with Crippen molar-refractivity contribution in [1.82, 2.24) is 0 Å². The highest BCUT2D eigenvalue weighted by molar-refractivity contribution is 7.91. The molecule has 1 heterocycles. The molecule has 1 rings (SSSR count). The van der Waals surface area contributed by atoms with E-state index in [-0.39, 0.29) is 11.5 Å². The van der Waals surface area contributed by atoms with Crippen LogP contribution in [0.15, 0.2) is 0 Å². The Morgan fingerprint density at radius 1 is 1.73 bits per heavy atom. The van der Waals surface area contributed by atoms with Crippen LogP contribution < -0.4 is 0 Å². The number of sulfone groups is 1. The van der Waals surface area contributed by atoms with Gasteiger partial charge >= 0.3 is 0 Å². The van der Waals surface area contributed by atoms with Crippen molar-refractivity contribution in [2.45, 2.75) is 13.0 Å². The number of nitrogens with zero attached hydrogens (tertiary/aromatic N) is 1. The van der Waals surface area contributed by atoms with E-state index in [1.54, 1.807) is 0 Å². The van der Waals surface area contributed by atoms with Crippen LogP contribution >= 0.6 is 0 Å². The fraction of sp³-hybridized carbons (Fsp3) is 0.833. The van der Waals surface area contributed by atoms with Crippen LogP contribution in [0.5, 0.6) is 0 Å². The summed E-state index contributed by atoms with van der Waals surface area (Å²) >= 11 is 0. The summed E-state index contributed by atoms with van der Waals surface area (Å²) in [5, 5.41) is 17.7. The first-order chi connectivity index (χ1) is 4.90. The van der Waals surface area contributed by atoms with Gasteiger partial charge in [-0.05, 0) is 6.92 Å². The second-order valence-electron chi connectivity index (χ2n) is 3.10. The van der Waals surface area contributed by atoms with Crippen LogP contribution in [0.2, 0.25) is 0 Å². The smallest absolute Gasteiger partial charge is 0.154 e. The Kier molecular flexibility index (Phi) is 1.69. The molecule has 0 amide bonds. The summed E-state index contributed by atoms with van der Waals surface area (Å²) in [6, 6.07) is 1.82. The molecule has 0 aromatic heterocycles. The number of hydrogen-bond acceptors (Lipinski definition) is 4. The van der Waals surface area contributed by atoms with Crippen LogP contribution in [0.1, 0.15) is 6.92 Å². The first kappa shape index (κ1) is 8.50. The predicted molar refractivity (Wildman–Crippen MR) is 38.4 cm³/mol. The molecule has 0 saturated carbocycles. The number of hydrogen-bond donors (Lipinski definition) is 1. The molecule has 0 spiro atoms. The molecule has 5 heteroatoms. The average Bonchev–Trinajstić information content (AvgIpc) is 2.03. The minimum absolute atomic E-state index is 0.225. The molecule has 1 aliphatic rings. The lowest BCUT2D eigenvalue weighted by atomic mass is 9.90. The van der Waals surface area contributed by atoms with Gasteiger partial charge in [0.2, 0.25) is 0 Å². The summed E-state index contributed by atoms with van der Waals surface area (Å²) in [6.45, 7) is 1.46. The standard InChI is InChI=1S/C6H9NO3S/c1-6(3-7)4-11(9,10)2-5(6)8/h5,8H,2,4H2,1H3/t5?,6-/m0/s1. The van der Waals surface area contributed by atoms with Crippen molar-refractivity contribution in [3.8, 4) is 6.07 Å². The number of nitriles is 1. The summed E-state index contributed by atoms with van der Waals surface area (Å²) in [5.41, 5.74) is -1.10. The maximum atomic E-state index is 10.9. The van der Waals surface area contributed by atoms with E-state index in [0.29, 0.717) is 0 Å². The van der Waals surface area contributed by atoms with Gasteiger partial charge in [-0.1, -0.05) is 0 Å². The third-order valence-electron chi connectivity index (χ3n) is 1.92. The van der Waals surface area contributed by atoms with Crippen LogP contribution in [-0.4, -0.2) is 31.1 Å².